The van der Waals surface area contributed by atoms with Crippen LogP contribution in [0.25, 0.3) is 0 Å². The van der Waals surface area contributed by atoms with Crippen LogP contribution < -0.4 is 15.0 Å². The lowest BCUT2D eigenvalue weighted by Gasteiger charge is -2.17. The molecule has 0 aliphatic carbocycles. The summed E-state index contributed by atoms with van der Waals surface area (Å²) in [6.45, 7) is 12.2. The van der Waals surface area contributed by atoms with E-state index >= 15 is 0 Å². The smallest absolute Gasteiger partial charge is 0.323 e. The quantitative estimate of drug-likeness (QED) is 0.833. The average Bonchev–Trinajstić information content (AvgIpc) is 2.82. The Morgan fingerprint density at radius 3 is 2.43 bits per heavy atom. The molecule has 0 radical (unpaired) electrons. The maximum absolute atomic E-state index is 5.60. The highest BCUT2D eigenvalue weighted by Crippen LogP contribution is 2.26. The van der Waals surface area contributed by atoms with E-state index in [9.17, 15) is 0 Å². The summed E-state index contributed by atoms with van der Waals surface area (Å²) in [4.78, 5) is 15.6. The molecule has 2 atom stereocenters. The first-order valence-electron chi connectivity index (χ1n) is 8.01. The van der Waals surface area contributed by atoms with E-state index < -0.39 is 0 Å². The van der Waals surface area contributed by atoms with Crippen LogP contribution >= 0.6 is 0 Å². The second kappa shape index (κ2) is 7.43. The van der Waals surface area contributed by atoms with E-state index in [4.69, 9.17) is 4.74 Å². The van der Waals surface area contributed by atoms with Gasteiger partial charge in [-0.25, -0.2) is 0 Å². The summed E-state index contributed by atoms with van der Waals surface area (Å²) in [7, 11) is 0. The lowest BCUT2D eigenvalue weighted by atomic mass is 10.0. The van der Waals surface area contributed by atoms with Crippen molar-refractivity contribution < 1.29 is 4.74 Å². The Balaban J connectivity index is 2.18. The van der Waals surface area contributed by atoms with Gasteiger partial charge in [-0.15, -0.1) is 0 Å². The van der Waals surface area contributed by atoms with Gasteiger partial charge >= 0.3 is 6.01 Å². The molecule has 118 valence electrons. The van der Waals surface area contributed by atoms with Crippen molar-refractivity contribution in [3.63, 3.8) is 0 Å². The van der Waals surface area contributed by atoms with E-state index in [0.717, 1.165) is 38.4 Å². The van der Waals surface area contributed by atoms with Gasteiger partial charge < -0.3 is 15.0 Å². The van der Waals surface area contributed by atoms with E-state index in [2.05, 4.69) is 52.9 Å². The maximum atomic E-state index is 5.60. The Bertz CT molecular complexity index is 417. The van der Waals surface area contributed by atoms with E-state index in [1.807, 2.05) is 0 Å². The largest absolute Gasteiger partial charge is 0.463 e. The molecule has 0 spiro atoms. The average molecular weight is 293 g/mol. The Labute approximate surface area is 127 Å². The summed E-state index contributed by atoms with van der Waals surface area (Å²) in [6, 6.07) is 0.424. The van der Waals surface area contributed by atoms with Crippen LogP contribution in [0.4, 0.5) is 11.9 Å². The molecule has 6 heteroatoms. The predicted octanol–water partition coefficient (Wildman–Crippen LogP) is 2.57. The molecule has 1 aromatic rings. The summed E-state index contributed by atoms with van der Waals surface area (Å²) < 4.78 is 5.60. The molecule has 1 aromatic heterocycles. The van der Waals surface area contributed by atoms with Gasteiger partial charge in [0.1, 0.15) is 0 Å². The van der Waals surface area contributed by atoms with Crippen molar-refractivity contribution in [2.75, 3.05) is 36.5 Å². The van der Waals surface area contributed by atoms with Gasteiger partial charge in [-0.3, -0.25) is 0 Å². The molecule has 1 saturated heterocycles. The van der Waals surface area contributed by atoms with Crippen LogP contribution in [-0.2, 0) is 0 Å². The van der Waals surface area contributed by atoms with Crippen LogP contribution in [0.2, 0.25) is 0 Å². The maximum Gasteiger partial charge on any atom is 0.323 e. The zero-order chi connectivity index (χ0) is 15.2. The Morgan fingerprint density at radius 2 is 1.81 bits per heavy atom. The van der Waals surface area contributed by atoms with Gasteiger partial charge in [0.05, 0.1) is 6.61 Å². The minimum Gasteiger partial charge on any atom is -0.463 e. The summed E-state index contributed by atoms with van der Waals surface area (Å²) in [5, 5.41) is 3.23. The first-order chi connectivity index (χ1) is 10.1. The lowest BCUT2D eigenvalue weighted by molar-refractivity contribution is 0.292. The summed E-state index contributed by atoms with van der Waals surface area (Å²) in [5.74, 6) is 2.66. The van der Waals surface area contributed by atoms with Crippen molar-refractivity contribution in [3.05, 3.63) is 0 Å². The van der Waals surface area contributed by atoms with Gasteiger partial charge in [0.2, 0.25) is 11.9 Å². The van der Waals surface area contributed by atoms with Crippen molar-refractivity contribution >= 4 is 11.9 Å². The second-order valence-corrected chi connectivity index (χ2v) is 5.88. The first-order valence-corrected chi connectivity index (χ1v) is 8.01. The second-order valence-electron chi connectivity index (χ2n) is 5.88. The van der Waals surface area contributed by atoms with Gasteiger partial charge in [-0.2, -0.15) is 15.0 Å². The Kier molecular flexibility index (Phi) is 5.59. The van der Waals surface area contributed by atoms with Gasteiger partial charge in [0.25, 0.3) is 0 Å². The van der Waals surface area contributed by atoms with Crippen LogP contribution in [0.1, 0.15) is 40.5 Å². The number of rotatable bonds is 7. The van der Waals surface area contributed by atoms with E-state index in [1.54, 1.807) is 0 Å². The van der Waals surface area contributed by atoms with Crippen LogP contribution in [0, 0.1) is 11.8 Å². The fourth-order valence-corrected chi connectivity index (χ4v) is 2.35. The number of aromatic nitrogens is 3. The van der Waals surface area contributed by atoms with Gasteiger partial charge in [-0.1, -0.05) is 27.7 Å². The monoisotopic (exact) mass is 293 g/mol. The highest BCUT2D eigenvalue weighted by Gasteiger charge is 2.28. The third-order valence-electron chi connectivity index (χ3n) is 3.84. The molecular formula is C15H27N5O. The number of nitrogens with one attached hydrogen (secondary N) is 1. The third kappa shape index (κ3) is 4.19. The molecule has 0 saturated carbocycles. The molecule has 2 rings (SSSR count). The minimum absolute atomic E-state index is 0.424. The van der Waals surface area contributed by atoms with Crippen molar-refractivity contribution in [1.29, 1.82) is 0 Å². The minimum atomic E-state index is 0.424. The van der Waals surface area contributed by atoms with Crippen LogP contribution in [0.15, 0.2) is 0 Å². The predicted molar refractivity (Wildman–Crippen MR) is 84.9 cm³/mol. The summed E-state index contributed by atoms with van der Waals surface area (Å²) >= 11 is 0. The fraction of sp³-hybridized carbons (Fsp3) is 0.800. The normalized spacial score (nSPS) is 21.6. The molecule has 0 bridgehead atoms. The SMILES string of the molecule is CCCNc1nc(OCCC)nc(N2CC(C)C(C)C2)n1. The molecule has 21 heavy (non-hydrogen) atoms. The Morgan fingerprint density at radius 1 is 1.10 bits per heavy atom. The van der Waals surface area contributed by atoms with Crippen LogP contribution in [-0.4, -0.2) is 41.2 Å². The fourth-order valence-electron chi connectivity index (χ4n) is 2.35. The van der Waals surface area contributed by atoms with E-state index in [0.29, 0.717) is 30.4 Å². The molecule has 2 heterocycles. The van der Waals surface area contributed by atoms with Gasteiger partial charge in [0.15, 0.2) is 0 Å². The van der Waals surface area contributed by atoms with Crippen molar-refractivity contribution in [2.24, 2.45) is 11.8 Å². The number of nitrogens with zero attached hydrogens (tertiary/aromatic N) is 4. The summed E-state index contributed by atoms with van der Waals surface area (Å²) in [5.41, 5.74) is 0. The third-order valence-corrected chi connectivity index (χ3v) is 3.84. The number of hydrogen-bond acceptors (Lipinski definition) is 6. The van der Waals surface area contributed by atoms with E-state index in [-0.39, 0.29) is 0 Å². The highest BCUT2D eigenvalue weighted by atomic mass is 16.5. The van der Waals surface area contributed by atoms with Crippen LogP contribution in [0.5, 0.6) is 6.01 Å². The highest BCUT2D eigenvalue weighted by molar-refractivity contribution is 5.39. The van der Waals surface area contributed by atoms with Crippen molar-refractivity contribution in [2.45, 2.75) is 40.5 Å². The molecule has 1 N–H and O–H groups in total. The molecular weight excluding hydrogens is 266 g/mol. The van der Waals surface area contributed by atoms with Crippen molar-refractivity contribution in [1.82, 2.24) is 15.0 Å². The number of anilines is 2. The number of hydrogen-bond donors (Lipinski definition) is 1. The molecule has 1 aliphatic rings. The van der Waals surface area contributed by atoms with Crippen LogP contribution in [0.3, 0.4) is 0 Å². The van der Waals surface area contributed by atoms with Gasteiger partial charge in [-0.05, 0) is 24.7 Å². The topological polar surface area (TPSA) is 63.2 Å². The zero-order valence-corrected chi connectivity index (χ0v) is 13.6. The van der Waals surface area contributed by atoms with E-state index in [1.165, 1.54) is 0 Å². The molecule has 0 amide bonds. The zero-order valence-electron chi connectivity index (χ0n) is 13.6. The Hall–Kier alpha value is -1.59. The molecule has 0 aromatic carbocycles. The number of ether oxygens (including phenoxy) is 1. The first kappa shape index (κ1) is 15.8. The molecule has 1 aliphatic heterocycles. The lowest BCUT2D eigenvalue weighted by Crippen LogP contribution is -2.23. The summed E-state index contributed by atoms with van der Waals surface area (Å²) in [6.07, 6.45) is 1.97. The standard InChI is InChI=1S/C15H27N5O/c1-5-7-16-13-17-14(19-15(18-13)21-8-6-2)20-9-11(3)12(4)10-20/h11-12H,5-10H2,1-4H3,(H,16,17,18,19). The van der Waals surface area contributed by atoms with Gasteiger partial charge in [0, 0.05) is 19.6 Å². The van der Waals surface area contributed by atoms with Crippen molar-refractivity contribution in [3.8, 4) is 6.01 Å². The molecule has 2 unspecified atom stereocenters. The molecule has 6 nitrogen and oxygen atoms in total. The molecule has 1 fully saturated rings.